The number of carbonyl (C=O) groups excluding carboxylic acids is 1. The first-order chi connectivity index (χ1) is 13.3. The molecule has 0 aromatic heterocycles. The maximum atomic E-state index is 13.4. The van der Waals surface area contributed by atoms with Crippen molar-refractivity contribution in [3.05, 3.63) is 70.2 Å². The van der Waals surface area contributed by atoms with Crippen LogP contribution in [-0.2, 0) is 14.8 Å². The van der Waals surface area contributed by atoms with Crippen LogP contribution in [0.2, 0.25) is 0 Å². The fourth-order valence-corrected chi connectivity index (χ4v) is 4.66. The Balaban J connectivity index is 1.64. The van der Waals surface area contributed by atoms with Gasteiger partial charge in [0.1, 0.15) is 0 Å². The minimum atomic E-state index is -3.95. The number of carbonyl (C=O) groups is 1. The molecule has 1 saturated heterocycles. The average Bonchev–Trinajstić information content (AvgIpc) is 2.69. The quantitative estimate of drug-likeness (QED) is 0.644. The van der Waals surface area contributed by atoms with E-state index in [1.807, 2.05) is 24.3 Å². The zero-order chi connectivity index (χ0) is 20.3. The number of halogens is 3. The van der Waals surface area contributed by atoms with Gasteiger partial charge < -0.3 is 4.90 Å². The third-order valence-electron chi connectivity index (χ3n) is 4.39. The molecule has 5 nitrogen and oxygen atoms in total. The lowest BCUT2D eigenvalue weighted by molar-refractivity contribution is -0.127. The Hall–Kier alpha value is -2.10. The van der Waals surface area contributed by atoms with Crippen molar-refractivity contribution in [2.45, 2.75) is 4.90 Å². The van der Waals surface area contributed by atoms with E-state index in [-0.39, 0.29) is 37.0 Å². The van der Waals surface area contributed by atoms with E-state index in [4.69, 9.17) is 0 Å². The molecule has 1 heterocycles. The summed E-state index contributed by atoms with van der Waals surface area (Å²) < 4.78 is 53.6. The summed E-state index contributed by atoms with van der Waals surface area (Å²) in [5.74, 6) is -2.54. The molecule has 0 saturated carbocycles. The van der Waals surface area contributed by atoms with Crippen LogP contribution in [0.3, 0.4) is 0 Å². The molecule has 1 amide bonds. The van der Waals surface area contributed by atoms with Crippen LogP contribution in [0.15, 0.2) is 57.9 Å². The molecule has 2 aromatic rings. The lowest BCUT2D eigenvalue weighted by Gasteiger charge is -2.33. The molecule has 0 atom stereocenters. The van der Waals surface area contributed by atoms with Gasteiger partial charge in [0.2, 0.25) is 15.9 Å². The van der Waals surface area contributed by atoms with E-state index in [0.29, 0.717) is 6.07 Å². The third-order valence-corrected chi connectivity index (χ3v) is 7.01. The Morgan fingerprint density at radius 2 is 1.68 bits per heavy atom. The predicted octanol–water partition coefficient (Wildman–Crippen LogP) is 3.27. The van der Waals surface area contributed by atoms with Crippen LogP contribution in [0, 0.1) is 11.6 Å². The second kappa shape index (κ2) is 8.50. The largest absolute Gasteiger partial charge is 0.337 e. The molecule has 3 rings (SSSR count). The average molecular weight is 471 g/mol. The molecule has 0 unspecified atom stereocenters. The van der Waals surface area contributed by atoms with Crippen LogP contribution in [0.1, 0.15) is 5.56 Å². The van der Waals surface area contributed by atoms with E-state index < -0.39 is 21.7 Å². The summed E-state index contributed by atoms with van der Waals surface area (Å²) in [4.78, 5) is 13.6. The Labute approximate surface area is 170 Å². The normalized spacial score (nSPS) is 15.9. The fourth-order valence-electron chi connectivity index (χ4n) is 2.81. The molecule has 0 radical (unpaired) electrons. The van der Waals surface area contributed by atoms with Gasteiger partial charge in [-0.25, -0.2) is 17.2 Å². The maximum absolute atomic E-state index is 13.4. The van der Waals surface area contributed by atoms with E-state index in [2.05, 4.69) is 15.9 Å². The van der Waals surface area contributed by atoms with Gasteiger partial charge in [-0.15, -0.1) is 0 Å². The third kappa shape index (κ3) is 4.48. The molecule has 1 aliphatic rings. The lowest BCUT2D eigenvalue weighted by atomic mass is 10.2. The molecular formula is C19H17BrF2N2O3S. The molecule has 9 heteroatoms. The number of sulfonamides is 1. The van der Waals surface area contributed by atoms with Crippen molar-refractivity contribution in [2.24, 2.45) is 0 Å². The number of rotatable bonds is 4. The topological polar surface area (TPSA) is 57.7 Å². The summed E-state index contributed by atoms with van der Waals surface area (Å²) >= 11 is 3.40. The zero-order valence-corrected chi connectivity index (χ0v) is 17.1. The van der Waals surface area contributed by atoms with Crippen molar-refractivity contribution in [1.82, 2.24) is 9.21 Å². The maximum Gasteiger partial charge on any atom is 0.246 e. The van der Waals surface area contributed by atoms with E-state index >= 15 is 0 Å². The highest BCUT2D eigenvalue weighted by Gasteiger charge is 2.30. The first kappa shape index (κ1) is 20.6. The van der Waals surface area contributed by atoms with Crippen molar-refractivity contribution >= 4 is 37.9 Å². The van der Waals surface area contributed by atoms with Crippen LogP contribution in [0.5, 0.6) is 0 Å². The molecule has 0 N–H and O–H groups in total. The number of hydrogen-bond donors (Lipinski definition) is 0. The van der Waals surface area contributed by atoms with Crippen molar-refractivity contribution in [3.8, 4) is 0 Å². The summed E-state index contributed by atoms with van der Waals surface area (Å²) in [6, 6.07) is 9.95. The van der Waals surface area contributed by atoms with E-state index in [1.54, 1.807) is 11.0 Å². The van der Waals surface area contributed by atoms with E-state index in [0.717, 1.165) is 22.2 Å². The molecule has 148 valence electrons. The van der Waals surface area contributed by atoms with Gasteiger partial charge in [0.25, 0.3) is 0 Å². The smallest absolute Gasteiger partial charge is 0.246 e. The van der Waals surface area contributed by atoms with Crippen LogP contribution < -0.4 is 0 Å². The van der Waals surface area contributed by atoms with E-state index in [9.17, 15) is 22.0 Å². The standard InChI is InChI=1S/C19H17BrF2N2O3S/c20-16-4-2-1-3-14(16)5-8-19(25)23-9-11-24(12-10-23)28(26,27)15-6-7-17(21)18(22)13-15/h1-8,13H,9-12H2/b8-5+. The van der Waals surface area contributed by atoms with Gasteiger partial charge in [-0.1, -0.05) is 34.1 Å². The molecule has 0 spiro atoms. The number of nitrogens with zero attached hydrogens (tertiary/aromatic N) is 2. The highest BCUT2D eigenvalue weighted by atomic mass is 79.9. The van der Waals surface area contributed by atoms with Gasteiger partial charge >= 0.3 is 0 Å². The van der Waals surface area contributed by atoms with Crippen molar-refractivity contribution in [3.63, 3.8) is 0 Å². The number of piperazine rings is 1. The molecule has 1 aliphatic heterocycles. The number of hydrogen-bond acceptors (Lipinski definition) is 3. The van der Waals surface area contributed by atoms with E-state index in [1.165, 1.54) is 10.4 Å². The molecule has 28 heavy (non-hydrogen) atoms. The van der Waals surface area contributed by atoms with Crippen LogP contribution in [0.25, 0.3) is 6.08 Å². The van der Waals surface area contributed by atoms with Gasteiger partial charge in [-0.05, 0) is 35.9 Å². The molecule has 1 fully saturated rings. The first-order valence-corrected chi connectivity index (χ1v) is 10.7. The lowest BCUT2D eigenvalue weighted by Crippen LogP contribution is -2.50. The zero-order valence-electron chi connectivity index (χ0n) is 14.7. The van der Waals surface area contributed by atoms with Gasteiger partial charge in [0.15, 0.2) is 11.6 Å². The van der Waals surface area contributed by atoms with Gasteiger partial charge in [-0.3, -0.25) is 4.79 Å². The van der Waals surface area contributed by atoms with Gasteiger partial charge in [0.05, 0.1) is 4.90 Å². The minimum Gasteiger partial charge on any atom is -0.337 e. The highest BCUT2D eigenvalue weighted by Crippen LogP contribution is 2.21. The second-order valence-corrected chi connectivity index (χ2v) is 8.95. The summed E-state index contributed by atoms with van der Waals surface area (Å²) in [6.45, 7) is 0.579. The Morgan fingerprint density at radius 1 is 1.00 bits per heavy atom. The summed E-state index contributed by atoms with van der Waals surface area (Å²) in [5, 5.41) is 0. The summed E-state index contributed by atoms with van der Waals surface area (Å²) in [7, 11) is -3.95. The van der Waals surface area contributed by atoms with Crippen LogP contribution in [-0.4, -0.2) is 49.7 Å². The molecule has 0 bridgehead atoms. The number of benzene rings is 2. The molecule has 0 aliphatic carbocycles. The van der Waals surface area contributed by atoms with Crippen molar-refractivity contribution in [2.75, 3.05) is 26.2 Å². The van der Waals surface area contributed by atoms with Crippen molar-refractivity contribution < 1.29 is 22.0 Å². The van der Waals surface area contributed by atoms with Crippen molar-refractivity contribution in [1.29, 1.82) is 0 Å². The molecular weight excluding hydrogens is 454 g/mol. The highest BCUT2D eigenvalue weighted by molar-refractivity contribution is 9.10. The monoisotopic (exact) mass is 470 g/mol. The minimum absolute atomic E-state index is 0.0793. The molecule has 2 aromatic carbocycles. The van der Waals surface area contributed by atoms with Crippen LogP contribution >= 0.6 is 15.9 Å². The summed E-state index contributed by atoms with van der Waals surface area (Å²) in [5.41, 5.74) is 0.857. The second-order valence-electron chi connectivity index (χ2n) is 6.16. The van der Waals surface area contributed by atoms with Crippen LogP contribution in [0.4, 0.5) is 8.78 Å². The van der Waals surface area contributed by atoms with Gasteiger partial charge in [-0.2, -0.15) is 4.31 Å². The Kier molecular flexibility index (Phi) is 6.26. The summed E-state index contributed by atoms with van der Waals surface area (Å²) in [6.07, 6.45) is 3.14. The SMILES string of the molecule is O=C(/C=C/c1ccccc1Br)N1CCN(S(=O)(=O)c2ccc(F)c(F)c2)CC1. The Morgan fingerprint density at radius 3 is 2.32 bits per heavy atom. The Bertz CT molecular complexity index is 1020. The van der Waals surface area contributed by atoms with Gasteiger partial charge in [0, 0.05) is 36.7 Å². The number of amides is 1. The fraction of sp³-hybridized carbons (Fsp3) is 0.211. The first-order valence-electron chi connectivity index (χ1n) is 8.46. The predicted molar refractivity (Wildman–Crippen MR) is 105 cm³/mol.